The van der Waals surface area contributed by atoms with Crippen LogP contribution in [0.3, 0.4) is 0 Å². The van der Waals surface area contributed by atoms with Gasteiger partial charge in [0, 0.05) is 19.6 Å². The minimum Gasteiger partial charge on any atom is -0.481 e. The molecule has 0 fully saturated rings. The number of nitrogens with zero attached hydrogens (tertiary/aromatic N) is 3. The summed E-state index contributed by atoms with van der Waals surface area (Å²) in [5, 5.41) is 28.1. The van der Waals surface area contributed by atoms with Crippen LogP contribution in [0.2, 0.25) is 0 Å². The van der Waals surface area contributed by atoms with Gasteiger partial charge in [-0.1, -0.05) is 0 Å². The second kappa shape index (κ2) is 10.1. The van der Waals surface area contributed by atoms with Crippen molar-refractivity contribution in [2.24, 2.45) is 0 Å². The van der Waals surface area contributed by atoms with Crippen molar-refractivity contribution in [3.05, 3.63) is 0 Å². The standard InChI is InChI=1S/C11H16N4O3/c12-4-1-7-15(8-2-5-13)10(16)9-14-6-3-11(17)18/h14H,1-3,6-9H2,(H,17,18). The van der Waals surface area contributed by atoms with E-state index in [9.17, 15) is 9.59 Å². The number of carboxylic acids is 1. The van der Waals surface area contributed by atoms with Gasteiger partial charge < -0.3 is 15.3 Å². The molecule has 0 unspecified atom stereocenters. The molecule has 0 aromatic carbocycles. The maximum Gasteiger partial charge on any atom is 0.304 e. The van der Waals surface area contributed by atoms with Crippen molar-refractivity contribution in [1.82, 2.24) is 10.2 Å². The van der Waals surface area contributed by atoms with Gasteiger partial charge in [0.05, 0.1) is 37.9 Å². The summed E-state index contributed by atoms with van der Waals surface area (Å²) in [6.07, 6.45) is 0.377. The van der Waals surface area contributed by atoms with E-state index in [4.69, 9.17) is 15.6 Å². The first-order chi connectivity index (χ1) is 8.61. The van der Waals surface area contributed by atoms with Crippen molar-refractivity contribution in [3.63, 3.8) is 0 Å². The van der Waals surface area contributed by atoms with E-state index in [-0.39, 0.29) is 51.3 Å². The molecule has 0 aliphatic carbocycles. The highest BCUT2D eigenvalue weighted by Crippen LogP contribution is 1.94. The highest BCUT2D eigenvalue weighted by atomic mass is 16.4. The first-order valence-corrected chi connectivity index (χ1v) is 5.56. The van der Waals surface area contributed by atoms with Crippen LogP contribution in [0.15, 0.2) is 0 Å². The number of amides is 1. The predicted octanol–water partition coefficient (Wildman–Crippen LogP) is -0.293. The van der Waals surface area contributed by atoms with Gasteiger partial charge in [0.15, 0.2) is 0 Å². The molecule has 18 heavy (non-hydrogen) atoms. The Morgan fingerprint density at radius 3 is 2.17 bits per heavy atom. The highest BCUT2D eigenvalue weighted by molar-refractivity contribution is 5.78. The van der Waals surface area contributed by atoms with Crippen molar-refractivity contribution in [2.45, 2.75) is 19.3 Å². The largest absolute Gasteiger partial charge is 0.481 e. The zero-order valence-corrected chi connectivity index (χ0v) is 10.1. The van der Waals surface area contributed by atoms with Crippen LogP contribution < -0.4 is 5.32 Å². The predicted molar refractivity (Wildman–Crippen MR) is 62.2 cm³/mol. The monoisotopic (exact) mass is 252 g/mol. The molecule has 0 bridgehead atoms. The van der Waals surface area contributed by atoms with Crippen LogP contribution in [-0.2, 0) is 9.59 Å². The van der Waals surface area contributed by atoms with E-state index in [1.54, 1.807) is 0 Å². The number of carboxylic acid groups (broad SMARTS) is 1. The van der Waals surface area contributed by atoms with Gasteiger partial charge in [-0.3, -0.25) is 9.59 Å². The third-order valence-corrected chi connectivity index (χ3v) is 2.13. The van der Waals surface area contributed by atoms with Crippen LogP contribution in [0.1, 0.15) is 19.3 Å². The van der Waals surface area contributed by atoms with E-state index in [0.29, 0.717) is 0 Å². The summed E-state index contributed by atoms with van der Waals surface area (Å²) in [7, 11) is 0. The summed E-state index contributed by atoms with van der Waals surface area (Å²) in [5.74, 6) is -1.16. The Morgan fingerprint density at radius 1 is 1.17 bits per heavy atom. The highest BCUT2D eigenvalue weighted by Gasteiger charge is 2.12. The lowest BCUT2D eigenvalue weighted by atomic mass is 10.3. The zero-order chi connectivity index (χ0) is 13.8. The normalized spacial score (nSPS) is 9.22. The van der Waals surface area contributed by atoms with E-state index in [1.807, 2.05) is 12.1 Å². The molecular formula is C11H16N4O3. The Bertz CT molecular complexity index is 338. The molecule has 0 heterocycles. The van der Waals surface area contributed by atoms with Crippen LogP contribution in [-0.4, -0.2) is 48.1 Å². The molecular weight excluding hydrogens is 236 g/mol. The summed E-state index contributed by atoms with van der Waals surface area (Å²) in [6.45, 7) is 0.810. The van der Waals surface area contributed by atoms with Crippen LogP contribution >= 0.6 is 0 Å². The minimum atomic E-state index is -0.930. The van der Waals surface area contributed by atoms with Crippen LogP contribution in [0.5, 0.6) is 0 Å². The Balaban J connectivity index is 4.00. The quantitative estimate of drug-likeness (QED) is 0.544. The number of nitriles is 2. The molecule has 2 N–H and O–H groups in total. The summed E-state index contributed by atoms with van der Waals surface area (Å²) in [5.41, 5.74) is 0. The zero-order valence-electron chi connectivity index (χ0n) is 10.1. The van der Waals surface area contributed by atoms with Gasteiger partial charge in [-0.2, -0.15) is 10.5 Å². The van der Waals surface area contributed by atoms with Crippen molar-refractivity contribution in [2.75, 3.05) is 26.2 Å². The second-order valence-corrected chi connectivity index (χ2v) is 3.52. The number of carbonyl (C=O) groups excluding carboxylic acids is 1. The summed E-state index contributed by atoms with van der Waals surface area (Å²) >= 11 is 0. The first kappa shape index (κ1) is 15.9. The van der Waals surface area contributed by atoms with Crippen LogP contribution in [0, 0.1) is 22.7 Å². The smallest absolute Gasteiger partial charge is 0.304 e. The van der Waals surface area contributed by atoms with Crippen LogP contribution in [0.25, 0.3) is 0 Å². The van der Waals surface area contributed by atoms with E-state index >= 15 is 0 Å². The van der Waals surface area contributed by atoms with Gasteiger partial charge >= 0.3 is 5.97 Å². The fourth-order valence-electron chi connectivity index (χ4n) is 1.23. The van der Waals surface area contributed by atoms with Gasteiger partial charge in [-0.15, -0.1) is 0 Å². The fraction of sp³-hybridized carbons (Fsp3) is 0.636. The molecule has 7 heteroatoms. The molecule has 0 radical (unpaired) electrons. The summed E-state index contributed by atoms with van der Waals surface area (Å²) in [4.78, 5) is 23.4. The van der Waals surface area contributed by atoms with E-state index in [0.717, 1.165) is 0 Å². The van der Waals surface area contributed by atoms with Crippen molar-refractivity contribution >= 4 is 11.9 Å². The molecule has 0 saturated carbocycles. The first-order valence-electron chi connectivity index (χ1n) is 5.56. The molecule has 0 atom stereocenters. The summed E-state index contributed by atoms with van der Waals surface area (Å²) in [6, 6.07) is 3.87. The van der Waals surface area contributed by atoms with E-state index in [1.165, 1.54) is 4.90 Å². The third-order valence-electron chi connectivity index (χ3n) is 2.13. The number of rotatable bonds is 9. The Morgan fingerprint density at radius 2 is 1.72 bits per heavy atom. The molecule has 0 rings (SSSR count). The number of nitrogens with one attached hydrogen (secondary N) is 1. The van der Waals surface area contributed by atoms with E-state index in [2.05, 4.69) is 5.32 Å². The van der Waals surface area contributed by atoms with Gasteiger partial charge in [0.25, 0.3) is 0 Å². The Kier molecular flexibility index (Phi) is 8.88. The summed E-state index contributed by atoms with van der Waals surface area (Å²) < 4.78 is 0. The average molecular weight is 252 g/mol. The van der Waals surface area contributed by atoms with Gasteiger partial charge in [0.1, 0.15) is 0 Å². The van der Waals surface area contributed by atoms with E-state index < -0.39 is 5.97 Å². The van der Waals surface area contributed by atoms with Crippen molar-refractivity contribution in [3.8, 4) is 12.1 Å². The van der Waals surface area contributed by atoms with Crippen molar-refractivity contribution in [1.29, 1.82) is 10.5 Å². The number of carbonyl (C=O) groups is 2. The molecule has 98 valence electrons. The lowest BCUT2D eigenvalue weighted by Gasteiger charge is -2.20. The molecule has 0 aromatic heterocycles. The molecule has 0 spiro atoms. The third kappa shape index (κ3) is 8.08. The van der Waals surface area contributed by atoms with Crippen molar-refractivity contribution < 1.29 is 14.7 Å². The lowest BCUT2D eigenvalue weighted by Crippen LogP contribution is -2.39. The molecule has 0 aromatic rings. The Hall–Kier alpha value is -2.12. The molecule has 7 nitrogen and oxygen atoms in total. The molecule has 0 saturated heterocycles. The number of hydrogen-bond acceptors (Lipinski definition) is 5. The maximum absolute atomic E-state index is 11.7. The molecule has 0 aliphatic rings. The lowest BCUT2D eigenvalue weighted by molar-refractivity contribution is -0.137. The fourth-order valence-corrected chi connectivity index (χ4v) is 1.23. The second-order valence-electron chi connectivity index (χ2n) is 3.52. The molecule has 0 aliphatic heterocycles. The van der Waals surface area contributed by atoms with Gasteiger partial charge in [0.2, 0.25) is 5.91 Å². The SMILES string of the molecule is N#CCCN(CCC#N)C(=O)CNCCC(=O)O. The van der Waals surface area contributed by atoms with Gasteiger partial charge in [-0.05, 0) is 0 Å². The van der Waals surface area contributed by atoms with Crippen LogP contribution in [0.4, 0.5) is 0 Å². The maximum atomic E-state index is 11.7. The van der Waals surface area contributed by atoms with Gasteiger partial charge in [-0.25, -0.2) is 0 Å². The number of aliphatic carboxylic acids is 1. The minimum absolute atomic E-state index is 0.0180. The average Bonchev–Trinajstić information content (AvgIpc) is 2.34. The Labute approximate surface area is 106 Å². The number of hydrogen-bond donors (Lipinski definition) is 2. The topological polar surface area (TPSA) is 117 Å². The molecule has 1 amide bonds.